The number of rotatable bonds is 3. The molecule has 2 rings (SSSR count). The van der Waals surface area contributed by atoms with E-state index in [1.807, 2.05) is 0 Å². The zero-order chi connectivity index (χ0) is 12.3. The lowest BCUT2D eigenvalue weighted by Crippen LogP contribution is -2.51. The summed E-state index contributed by atoms with van der Waals surface area (Å²) in [5.74, 6) is 0.967. The van der Waals surface area contributed by atoms with Crippen molar-refractivity contribution in [2.24, 2.45) is 5.92 Å². The molecule has 1 aliphatic carbocycles. The van der Waals surface area contributed by atoms with E-state index in [-0.39, 0.29) is 0 Å². The summed E-state index contributed by atoms with van der Waals surface area (Å²) in [6.07, 6.45) is 8.41. The van der Waals surface area contributed by atoms with Crippen LogP contribution in [0.5, 0.6) is 0 Å². The Hall–Kier alpha value is -0.0800. The Kier molecular flexibility index (Phi) is 4.48. The first kappa shape index (κ1) is 13.4. The molecule has 2 unspecified atom stereocenters. The average molecular weight is 238 g/mol. The Morgan fingerprint density at radius 1 is 1.29 bits per heavy atom. The minimum atomic E-state index is 0.337. The number of nitrogens with zero attached hydrogens (tertiary/aromatic N) is 1. The molecule has 2 atom stereocenters. The number of hydrogen-bond acceptors (Lipinski definition) is 2. The highest BCUT2D eigenvalue weighted by Gasteiger charge is 2.32. The van der Waals surface area contributed by atoms with Gasteiger partial charge in [-0.15, -0.1) is 0 Å². The molecule has 1 heterocycles. The monoisotopic (exact) mass is 238 g/mol. The van der Waals surface area contributed by atoms with E-state index in [1.54, 1.807) is 0 Å². The molecule has 100 valence electrons. The van der Waals surface area contributed by atoms with Gasteiger partial charge in [0.1, 0.15) is 0 Å². The smallest absolute Gasteiger partial charge is 0.0277 e. The van der Waals surface area contributed by atoms with Crippen LogP contribution in [-0.4, -0.2) is 36.1 Å². The van der Waals surface area contributed by atoms with Gasteiger partial charge in [0.05, 0.1) is 0 Å². The zero-order valence-corrected chi connectivity index (χ0v) is 12.0. The Labute approximate surface area is 107 Å². The molecule has 17 heavy (non-hydrogen) atoms. The summed E-state index contributed by atoms with van der Waals surface area (Å²) >= 11 is 0. The summed E-state index contributed by atoms with van der Waals surface area (Å²) < 4.78 is 0. The van der Waals surface area contributed by atoms with E-state index in [1.165, 1.54) is 58.2 Å². The molecule has 2 heteroatoms. The van der Waals surface area contributed by atoms with Crippen LogP contribution in [-0.2, 0) is 0 Å². The maximum Gasteiger partial charge on any atom is 0.0277 e. The van der Waals surface area contributed by atoms with Crippen molar-refractivity contribution < 1.29 is 0 Å². The van der Waals surface area contributed by atoms with Gasteiger partial charge in [0.2, 0.25) is 0 Å². The lowest BCUT2D eigenvalue weighted by molar-refractivity contribution is 0.129. The van der Waals surface area contributed by atoms with Gasteiger partial charge in [-0.3, -0.25) is 4.90 Å². The largest absolute Gasteiger partial charge is 0.310 e. The summed E-state index contributed by atoms with van der Waals surface area (Å²) in [5, 5.41) is 3.74. The first-order chi connectivity index (χ1) is 8.14. The molecular formula is C15H30N2. The van der Waals surface area contributed by atoms with Crippen LogP contribution in [0.2, 0.25) is 0 Å². The van der Waals surface area contributed by atoms with Crippen LogP contribution in [0.3, 0.4) is 0 Å². The maximum absolute atomic E-state index is 3.74. The van der Waals surface area contributed by atoms with Crippen LogP contribution >= 0.6 is 0 Å². The summed E-state index contributed by atoms with van der Waals surface area (Å²) in [4.78, 5) is 2.76. The fourth-order valence-corrected chi connectivity index (χ4v) is 3.58. The third-order valence-electron chi connectivity index (χ3n) is 5.16. The highest BCUT2D eigenvalue weighted by Crippen LogP contribution is 2.31. The Balaban J connectivity index is 1.97. The normalized spacial score (nSPS) is 34.8. The van der Waals surface area contributed by atoms with Gasteiger partial charge in [-0.05, 0) is 58.5 Å². The maximum atomic E-state index is 3.74. The Morgan fingerprint density at radius 3 is 2.65 bits per heavy atom. The van der Waals surface area contributed by atoms with Crippen molar-refractivity contribution in [1.29, 1.82) is 0 Å². The molecule has 0 bridgehead atoms. The minimum absolute atomic E-state index is 0.337. The molecule has 1 aliphatic heterocycles. The second-order valence-corrected chi connectivity index (χ2v) is 6.45. The van der Waals surface area contributed by atoms with E-state index in [4.69, 9.17) is 0 Å². The van der Waals surface area contributed by atoms with E-state index in [2.05, 4.69) is 31.0 Å². The summed E-state index contributed by atoms with van der Waals surface area (Å²) in [5.41, 5.74) is 0.337. The predicted molar refractivity (Wildman–Crippen MR) is 74.3 cm³/mol. The molecule has 0 aromatic rings. The second-order valence-electron chi connectivity index (χ2n) is 6.45. The standard InChI is InChI=1S/C15H30N2/c1-4-15(3)12-17(11-7-10-16-15)13(2)14-8-5-6-9-14/h13-14,16H,4-12H2,1-3H3. The molecule has 0 amide bonds. The van der Waals surface area contributed by atoms with Crippen LogP contribution in [0.4, 0.5) is 0 Å². The molecule has 1 saturated heterocycles. The van der Waals surface area contributed by atoms with Gasteiger partial charge in [-0.2, -0.15) is 0 Å². The molecule has 1 N–H and O–H groups in total. The zero-order valence-electron chi connectivity index (χ0n) is 12.0. The molecular weight excluding hydrogens is 208 g/mol. The molecule has 2 fully saturated rings. The first-order valence-corrected chi connectivity index (χ1v) is 7.64. The van der Waals surface area contributed by atoms with Crippen molar-refractivity contribution in [2.75, 3.05) is 19.6 Å². The Morgan fingerprint density at radius 2 is 2.00 bits per heavy atom. The van der Waals surface area contributed by atoms with E-state index >= 15 is 0 Å². The van der Waals surface area contributed by atoms with Crippen molar-refractivity contribution in [3.8, 4) is 0 Å². The molecule has 2 aliphatic rings. The quantitative estimate of drug-likeness (QED) is 0.813. The van der Waals surface area contributed by atoms with E-state index in [9.17, 15) is 0 Å². The summed E-state index contributed by atoms with van der Waals surface area (Å²) in [7, 11) is 0. The van der Waals surface area contributed by atoms with Crippen molar-refractivity contribution in [1.82, 2.24) is 10.2 Å². The van der Waals surface area contributed by atoms with Gasteiger partial charge in [0.25, 0.3) is 0 Å². The van der Waals surface area contributed by atoms with Crippen LogP contribution in [0, 0.1) is 5.92 Å². The fraction of sp³-hybridized carbons (Fsp3) is 1.00. The van der Waals surface area contributed by atoms with Gasteiger partial charge in [-0.25, -0.2) is 0 Å². The van der Waals surface area contributed by atoms with Crippen LogP contribution in [0.25, 0.3) is 0 Å². The van der Waals surface area contributed by atoms with Crippen LogP contribution < -0.4 is 5.32 Å². The molecule has 0 aromatic heterocycles. The van der Waals surface area contributed by atoms with Gasteiger partial charge >= 0.3 is 0 Å². The highest BCUT2D eigenvalue weighted by molar-refractivity contribution is 4.91. The molecule has 0 spiro atoms. The molecule has 0 radical (unpaired) electrons. The van der Waals surface area contributed by atoms with Crippen LogP contribution in [0.1, 0.15) is 59.3 Å². The minimum Gasteiger partial charge on any atom is -0.310 e. The van der Waals surface area contributed by atoms with Gasteiger partial charge in [0.15, 0.2) is 0 Å². The van der Waals surface area contributed by atoms with Gasteiger partial charge in [0, 0.05) is 18.1 Å². The van der Waals surface area contributed by atoms with Crippen molar-refractivity contribution in [3.05, 3.63) is 0 Å². The highest BCUT2D eigenvalue weighted by atomic mass is 15.2. The van der Waals surface area contributed by atoms with E-state index < -0.39 is 0 Å². The lowest BCUT2D eigenvalue weighted by Gasteiger charge is -2.38. The third-order valence-corrected chi connectivity index (χ3v) is 5.16. The van der Waals surface area contributed by atoms with E-state index in [0.29, 0.717) is 5.54 Å². The molecule has 2 nitrogen and oxygen atoms in total. The SMILES string of the molecule is CCC1(C)CN(C(C)C2CCCC2)CCCN1. The third kappa shape index (κ3) is 3.23. The topological polar surface area (TPSA) is 15.3 Å². The van der Waals surface area contributed by atoms with E-state index in [0.717, 1.165) is 12.0 Å². The average Bonchev–Trinajstić information content (AvgIpc) is 2.79. The van der Waals surface area contributed by atoms with Crippen LogP contribution in [0.15, 0.2) is 0 Å². The molecule has 1 saturated carbocycles. The van der Waals surface area contributed by atoms with Gasteiger partial charge < -0.3 is 5.32 Å². The molecule has 0 aromatic carbocycles. The second kappa shape index (κ2) is 5.71. The first-order valence-electron chi connectivity index (χ1n) is 7.64. The Bertz CT molecular complexity index is 235. The van der Waals surface area contributed by atoms with Crippen molar-refractivity contribution in [2.45, 2.75) is 70.9 Å². The fourth-order valence-electron chi connectivity index (χ4n) is 3.58. The van der Waals surface area contributed by atoms with Crippen molar-refractivity contribution in [3.63, 3.8) is 0 Å². The number of nitrogens with one attached hydrogen (secondary N) is 1. The summed E-state index contributed by atoms with van der Waals surface area (Å²) in [6.45, 7) is 10.9. The predicted octanol–water partition coefficient (Wildman–Crippen LogP) is 3.03. The van der Waals surface area contributed by atoms with Gasteiger partial charge in [-0.1, -0.05) is 19.8 Å². The summed E-state index contributed by atoms with van der Waals surface area (Å²) in [6, 6.07) is 0.795. The van der Waals surface area contributed by atoms with Crippen molar-refractivity contribution >= 4 is 0 Å². The number of hydrogen-bond donors (Lipinski definition) is 1. The lowest BCUT2D eigenvalue weighted by atomic mass is 9.94.